The molecule has 0 fully saturated rings. The van der Waals surface area contributed by atoms with Gasteiger partial charge in [0.2, 0.25) is 0 Å². The van der Waals surface area contributed by atoms with Crippen molar-refractivity contribution >= 4 is 60.6 Å². The van der Waals surface area contributed by atoms with E-state index < -0.39 is 0 Å². The van der Waals surface area contributed by atoms with Gasteiger partial charge in [-0.05, 0) is 96.0 Å². The smallest absolute Gasteiger partial charge is 0.132 e. The van der Waals surface area contributed by atoms with Crippen molar-refractivity contribution in [2.45, 2.75) is 34.4 Å². The van der Waals surface area contributed by atoms with Gasteiger partial charge in [-0.2, -0.15) is 0 Å². The van der Waals surface area contributed by atoms with Crippen LogP contribution in [0, 0.1) is 5.92 Å². The van der Waals surface area contributed by atoms with Gasteiger partial charge in [0.1, 0.15) is 17.7 Å². The predicted octanol–water partition coefficient (Wildman–Crippen LogP) is 15.4. The highest BCUT2D eigenvalue weighted by atomic mass is 127. The zero-order chi connectivity index (χ0) is 42.1. The number of alkyl halides is 1. The second-order valence-corrected chi connectivity index (χ2v) is 19.3. The number of hydrogen-bond donors (Lipinski definition) is 2. The minimum Gasteiger partial charge on any atom is -0.457 e. The molecule has 0 radical (unpaired) electrons. The van der Waals surface area contributed by atoms with Gasteiger partial charge in [0, 0.05) is 38.6 Å². The molecule has 0 amide bonds. The Hall–Kier alpha value is -6.47. The minimum atomic E-state index is -0.346. The summed E-state index contributed by atoms with van der Waals surface area (Å²) in [5.41, 5.74) is 10.7. The largest absolute Gasteiger partial charge is 0.457 e. The lowest BCUT2D eigenvalue weighted by Crippen LogP contribution is -2.37. The number of benzene rings is 9. The number of allylic oxidation sites excluding steroid dienone is 4. The molecule has 0 saturated carbocycles. The maximum atomic E-state index is 6.84. The van der Waals surface area contributed by atoms with Crippen LogP contribution in [0.15, 0.2) is 212 Å². The van der Waals surface area contributed by atoms with E-state index in [2.05, 4.69) is 253 Å². The molecule has 0 aromatic heterocycles. The summed E-state index contributed by atoms with van der Waals surface area (Å²) in [6.07, 6.45) is 9.09. The predicted molar refractivity (Wildman–Crippen MR) is 270 cm³/mol. The number of halogens is 1. The van der Waals surface area contributed by atoms with Crippen LogP contribution in [0.2, 0.25) is 0 Å². The average molecular weight is 925 g/mol. The highest BCUT2D eigenvalue weighted by molar-refractivity contribution is 14.1. The monoisotopic (exact) mass is 924 g/mol. The van der Waals surface area contributed by atoms with Gasteiger partial charge in [-0.25, -0.2) is 0 Å². The minimum absolute atomic E-state index is 0.0726. The van der Waals surface area contributed by atoms with Crippen LogP contribution in [0.1, 0.15) is 58.4 Å². The quantitative estimate of drug-likeness (QED) is 0.0689. The van der Waals surface area contributed by atoms with Crippen LogP contribution < -0.4 is 15.4 Å². The number of rotatable bonds is 8. The van der Waals surface area contributed by atoms with E-state index in [1.54, 1.807) is 0 Å². The van der Waals surface area contributed by atoms with E-state index in [1.807, 2.05) is 0 Å². The van der Waals surface area contributed by atoms with Crippen molar-refractivity contribution in [3.63, 3.8) is 0 Å². The molecule has 3 aliphatic rings. The number of ether oxygens (including phenoxy) is 1. The van der Waals surface area contributed by atoms with E-state index in [4.69, 9.17) is 4.74 Å². The van der Waals surface area contributed by atoms with Crippen LogP contribution in [0.5, 0.6) is 11.5 Å². The van der Waals surface area contributed by atoms with Gasteiger partial charge in [-0.15, -0.1) is 0 Å². The second-order valence-electron chi connectivity index (χ2n) is 17.3. The first-order valence-corrected chi connectivity index (χ1v) is 23.3. The molecule has 9 aromatic rings. The summed E-state index contributed by atoms with van der Waals surface area (Å²) in [5.74, 6) is 2.42. The summed E-state index contributed by atoms with van der Waals surface area (Å²) in [7, 11) is 0. The molecule has 1 spiro atoms. The molecule has 304 valence electrons. The van der Waals surface area contributed by atoms with Crippen molar-refractivity contribution in [3.05, 3.63) is 246 Å². The molecule has 0 bridgehead atoms. The maximum Gasteiger partial charge on any atom is 0.132 e. The van der Waals surface area contributed by atoms with Gasteiger partial charge in [-0.1, -0.05) is 212 Å². The van der Waals surface area contributed by atoms with Gasteiger partial charge in [0.15, 0.2) is 0 Å². The SMILES string of the molecule is CC(I)C(NC(Nc1ccc(-c2ccc3c(c2)Oc2ccccc2C32c3ccccc3C3C=CC=CC32)cc1)c1ccccc1)c1ccc2c3ccccc3c3ccccc3c2c1. The number of fused-ring (bicyclic) bond motifs is 15. The van der Waals surface area contributed by atoms with Gasteiger partial charge in [0.25, 0.3) is 0 Å². The molecule has 1 heterocycles. The second kappa shape index (κ2) is 15.4. The summed E-state index contributed by atoms with van der Waals surface area (Å²) in [4.78, 5) is 0. The van der Waals surface area contributed by atoms with E-state index in [0.29, 0.717) is 9.84 Å². The zero-order valence-electron chi connectivity index (χ0n) is 34.9. The van der Waals surface area contributed by atoms with Gasteiger partial charge in [0.05, 0.1) is 5.41 Å². The lowest BCUT2D eigenvalue weighted by Gasteiger charge is -2.43. The third-order valence-corrected chi connectivity index (χ3v) is 14.6. The summed E-state index contributed by atoms with van der Waals surface area (Å²) >= 11 is 2.59. The van der Waals surface area contributed by atoms with Crippen molar-refractivity contribution in [1.82, 2.24) is 5.32 Å². The van der Waals surface area contributed by atoms with Crippen LogP contribution in [0.25, 0.3) is 43.4 Å². The summed E-state index contributed by atoms with van der Waals surface area (Å²) in [6.45, 7) is 2.30. The fourth-order valence-corrected chi connectivity index (χ4v) is 11.8. The lowest BCUT2D eigenvalue weighted by molar-refractivity contribution is 0.374. The molecule has 12 rings (SSSR count). The maximum absolute atomic E-state index is 6.84. The third-order valence-electron chi connectivity index (χ3n) is 13.9. The first kappa shape index (κ1) is 38.2. The summed E-state index contributed by atoms with van der Waals surface area (Å²) in [6, 6.07) is 68.9. The Morgan fingerprint density at radius 3 is 1.86 bits per heavy atom. The molecule has 6 atom stereocenters. The summed E-state index contributed by atoms with van der Waals surface area (Å²) in [5, 5.41) is 15.7. The van der Waals surface area contributed by atoms with Crippen molar-refractivity contribution < 1.29 is 4.74 Å². The molecule has 4 heteroatoms. The van der Waals surface area contributed by atoms with Crippen molar-refractivity contribution in [3.8, 4) is 22.6 Å². The first-order valence-electron chi connectivity index (χ1n) is 22.1. The highest BCUT2D eigenvalue weighted by Crippen LogP contribution is 2.64. The number of nitrogens with one attached hydrogen (secondary N) is 2. The van der Waals surface area contributed by atoms with E-state index in [1.165, 1.54) is 65.7 Å². The van der Waals surface area contributed by atoms with E-state index in [9.17, 15) is 0 Å². The van der Waals surface area contributed by atoms with Crippen LogP contribution in [0.4, 0.5) is 5.69 Å². The fourth-order valence-electron chi connectivity index (χ4n) is 11.1. The Balaban J connectivity index is 0.876. The molecule has 0 saturated heterocycles. The van der Waals surface area contributed by atoms with Crippen LogP contribution in [0.3, 0.4) is 0 Å². The number of anilines is 1. The molecule has 6 unspecified atom stereocenters. The van der Waals surface area contributed by atoms with E-state index in [-0.39, 0.29) is 23.5 Å². The molecular weight excluding hydrogens is 880 g/mol. The molecule has 2 N–H and O–H groups in total. The summed E-state index contributed by atoms with van der Waals surface area (Å²) < 4.78 is 7.14. The van der Waals surface area contributed by atoms with Crippen LogP contribution in [-0.2, 0) is 5.41 Å². The van der Waals surface area contributed by atoms with Gasteiger partial charge < -0.3 is 10.1 Å². The first-order chi connectivity index (χ1) is 31.1. The van der Waals surface area contributed by atoms with Crippen molar-refractivity contribution in [1.29, 1.82) is 0 Å². The van der Waals surface area contributed by atoms with Crippen LogP contribution in [-0.4, -0.2) is 3.92 Å². The molecule has 1 aliphatic heterocycles. The van der Waals surface area contributed by atoms with Gasteiger partial charge >= 0.3 is 0 Å². The average Bonchev–Trinajstić information content (AvgIpc) is 3.63. The fraction of sp³-hybridized carbons (Fsp3) is 0.119. The zero-order valence-corrected chi connectivity index (χ0v) is 37.0. The van der Waals surface area contributed by atoms with Crippen molar-refractivity contribution in [2.75, 3.05) is 5.32 Å². The lowest BCUT2D eigenvalue weighted by atomic mass is 9.62. The third kappa shape index (κ3) is 6.17. The topological polar surface area (TPSA) is 33.3 Å². The van der Waals surface area contributed by atoms with E-state index >= 15 is 0 Å². The Morgan fingerprint density at radius 2 is 1.11 bits per heavy atom. The Bertz CT molecular complexity index is 3250. The molecule has 9 aromatic carbocycles. The molecular formula is C59H45IN2O. The molecule has 3 nitrogen and oxygen atoms in total. The molecule has 2 aliphatic carbocycles. The van der Waals surface area contributed by atoms with Crippen LogP contribution >= 0.6 is 22.6 Å². The number of para-hydroxylation sites is 1. The standard InChI is InChI=1S/C59H45IN2O/c1-37(60)57(41-29-33-47-45-19-6-5-17-43(45)44-18-7-8-20-46(44)50(47)35-41)62-58(39-15-3-2-4-16-39)61-42-31-27-38(28-32-42)40-30-34-54-56(36-40)63-55-26-14-13-25-53(55)59(54)51-23-11-9-21-48(51)49-22-10-12-24-52(49)59/h2-37,48,51,57-58,61-62H,1H3. The number of hydrogen-bond acceptors (Lipinski definition) is 3. The Labute approximate surface area is 382 Å². The normalized spacial score (nSPS) is 19.5. The molecule has 63 heavy (non-hydrogen) atoms. The van der Waals surface area contributed by atoms with Gasteiger partial charge in [-0.3, -0.25) is 5.32 Å². The Morgan fingerprint density at radius 1 is 0.508 bits per heavy atom. The highest BCUT2D eigenvalue weighted by Gasteiger charge is 2.56. The Kier molecular flexibility index (Phi) is 9.35. The van der Waals surface area contributed by atoms with Crippen molar-refractivity contribution in [2.24, 2.45) is 5.92 Å². The van der Waals surface area contributed by atoms with E-state index in [0.717, 1.165) is 28.3 Å².